The number of alkyl halides is 3. The Morgan fingerprint density at radius 3 is 1.83 bits per heavy atom. The van der Waals surface area contributed by atoms with Crippen molar-refractivity contribution in [3.05, 3.63) is 35.7 Å². The molecular weight excluding hydrogens is 620 g/mol. The summed E-state index contributed by atoms with van der Waals surface area (Å²) in [6, 6.07) is 4.28. The van der Waals surface area contributed by atoms with E-state index < -0.39 is 61.9 Å². The van der Waals surface area contributed by atoms with Crippen molar-refractivity contribution in [2.24, 2.45) is 0 Å². The predicted octanol–water partition coefficient (Wildman–Crippen LogP) is 5.08. The molecule has 0 saturated carbocycles. The lowest BCUT2D eigenvalue weighted by molar-refractivity contribution is -0.141. The lowest BCUT2D eigenvalue weighted by atomic mass is 10.1. The molecule has 0 saturated heterocycles. The van der Waals surface area contributed by atoms with E-state index in [2.05, 4.69) is 43.5 Å². The van der Waals surface area contributed by atoms with Gasteiger partial charge >= 0.3 is 21.6 Å². The molecule has 0 spiro atoms. The molecule has 42 heavy (non-hydrogen) atoms. The third kappa shape index (κ3) is 10.9. The number of benzene rings is 1. The molecule has 0 radical (unpaired) electrons. The van der Waals surface area contributed by atoms with E-state index in [0.29, 0.717) is 24.3 Å². The number of amides is 1. The quantitative estimate of drug-likeness (QED) is 0.0843. The number of aliphatic carboxylic acids is 1. The van der Waals surface area contributed by atoms with Crippen LogP contribution < -0.4 is 9.47 Å². The zero-order chi connectivity index (χ0) is 31.9. The Morgan fingerprint density at radius 2 is 1.43 bits per heavy atom. The summed E-state index contributed by atoms with van der Waals surface area (Å²) in [5.41, 5.74) is -6.02. The average molecular weight is 658 g/mol. The van der Waals surface area contributed by atoms with Gasteiger partial charge in [-0.3, -0.25) is 9.69 Å². The molecule has 1 heterocycles. The van der Waals surface area contributed by atoms with Crippen molar-refractivity contribution in [3.8, 4) is 11.5 Å². The molecule has 238 valence electrons. The molecule has 0 bridgehead atoms. The number of rotatable bonds is 16. The second-order valence-electron chi connectivity index (χ2n) is 11.9. The lowest BCUT2D eigenvalue weighted by Gasteiger charge is -2.23. The third-order valence-corrected chi connectivity index (χ3v) is 10.2. The number of halogens is 3. The van der Waals surface area contributed by atoms with Gasteiger partial charge in [0.25, 0.3) is 5.91 Å². The van der Waals surface area contributed by atoms with Gasteiger partial charge in [0.15, 0.2) is 13.6 Å². The standard InChI is InChI=1S/C25H38F3NO10SSi2/c1-41(2,3)12-10-35-16-37-20-8-7-9-21(38-17-36-11-13-42(4,5)6)22(20)23(30)29-15-18(14-19(29)24(31)32)39-40(33,34)25(26,27)28/h7-9,15,19H,10-14,16-17H2,1-6H3,(H,31,32)/t19-/m0/s1. The SMILES string of the molecule is C[Si](C)(C)CCOCOc1cccc(OCOCC[Si](C)(C)C)c1C(=O)N1C=C(OS(=O)(=O)C(F)(F)F)C[C@H]1C(=O)O. The highest BCUT2D eigenvalue weighted by molar-refractivity contribution is 7.87. The Kier molecular flexibility index (Phi) is 12.1. The van der Waals surface area contributed by atoms with Gasteiger partial charge in [0.1, 0.15) is 28.9 Å². The van der Waals surface area contributed by atoms with Gasteiger partial charge in [-0.1, -0.05) is 45.3 Å². The van der Waals surface area contributed by atoms with E-state index in [-0.39, 0.29) is 30.6 Å². The van der Waals surface area contributed by atoms with Gasteiger partial charge in [-0.15, -0.1) is 0 Å². The van der Waals surface area contributed by atoms with Gasteiger partial charge in [0.05, 0.1) is 0 Å². The summed E-state index contributed by atoms with van der Waals surface area (Å²) in [5, 5.41) is 9.68. The van der Waals surface area contributed by atoms with E-state index >= 15 is 0 Å². The fraction of sp³-hybridized carbons (Fsp3) is 0.600. The van der Waals surface area contributed by atoms with Crippen LogP contribution in [0.25, 0.3) is 0 Å². The Bertz CT molecular complexity index is 1200. The van der Waals surface area contributed by atoms with Crippen molar-refractivity contribution in [2.75, 3.05) is 26.8 Å². The summed E-state index contributed by atoms with van der Waals surface area (Å²) in [7, 11) is -8.87. The molecular formula is C25H38F3NO10SSi2. The van der Waals surface area contributed by atoms with Crippen LogP contribution in [0.1, 0.15) is 16.8 Å². The van der Waals surface area contributed by atoms with Gasteiger partial charge in [-0.05, 0) is 24.2 Å². The minimum absolute atomic E-state index is 0.0533. The highest BCUT2D eigenvalue weighted by atomic mass is 32.2. The van der Waals surface area contributed by atoms with Gasteiger partial charge in [0, 0.05) is 42.0 Å². The molecule has 17 heteroatoms. The fourth-order valence-corrected chi connectivity index (χ4v) is 5.41. The number of hydrogen-bond donors (Lipinski definition) is 1. The van der Waals surface area contributed by atoms with Crippen LogP contribution in [-0.2, 0) is 28.6 Å². The molecule has 0 fully saturated rings. The van der Waals surface area contributed by atoms with E-state index in [1.54, 1.807) is 0 Å². The molecule has 0 unspecified atom stereocenters. The van der Waals surface area contributed by atoms with Crippen LogP contribution in [0.3, 0.4) is 0 Å². The zero-order valence-corrected chi connectivity index (χ0v) is 27.3. The molecule has 1 atom stereocenters. The Labute approximate surface area is 245 Å². The monoisotopic (exact) mass is 657 g/mol. The minimum Gasteiger partial charge on any atom is -0.480 e. The Balaban J connectivity index is 2.36. The van der Waals surface area contributed by atoms with Crippen molar-refractivity contribution in [1.82, 2.24) is 4.90 Å². The zero-order valence-electron chi connectivity index (χ0n) is 24.4. The first-order valence-corrected chi connectivity index (χ1v) is 21.9. The van der Waals surface area contributed by atoms with Gasteiger partial charge in [0.2, 0.25) is 0 Å². The van der Waals surface area contributed by atoms with E-state index in [0.717, 1.165) is 12.1 Å². The van der Waals surface area contributed by atoms with Crippen molar-refractivity contribution in [1.29, 1.82) is 0 Å². The van der Waals surface area contributed by atoms with Crippen molar-refractivity contribution in [2.45, 2.75) is 69.3 Å². The summed E-state index contributed by atoms with van der Waals surface area (Å²) in [5.74, 6) is -3.63. The van der Waals surface area contributed by atoms with Gasteiger partial charge in [-0.2, -0.15) is 21.6 Å². The summed E-state index contributed by atoms with van der Waals surface area (Å²) in [6.45, 7) is 13.3. The second kappa shape index (κ2) is 14.2. The van der Waals surface area contributed by atoms with E-state index in [9.17, 15) is 36.3 Å². The molecule has 1 aliphatic rings. The second-order valence-corrected chi connectivity index (χ2v) is 24.7. The van der Waals surface area contributed by atoms with E-state index in [4.69, 9.17) is 18.9 Å². The number of nitrogens with zero attached hydrogens (tertiary/aromatic N) is 1. The maximum Gasteiger partial charge on any atom is 0.534 e. The maximum absolute atomic E-state index is 13.7. The number of ether oxygens (including phenoxy) is 4. The van der Waals surface area contributed by atoms with Crippen molar-refractivity contribution < 1.29 is 59.4 Å². The van der Waals surface area contributed by atoms with Crippen LogP contribution in [0.5, 0.6) is 11.5 Å². The number of hydrogen-bond acceptors (Lipinski definition) is 9. The molecule has 1 N–H and O–H groups in total. The smallest absolute Gasteiger partial charge is 0.480 e. The molecule has 1 aliphatic heterocycles. The van der Waals surface area contributed by atoms with Crippen molar-refractivity contribution in [3.63, 3.8) is 0 Å². The van der Waals surface area contributed by atoms with E-state index in [1.165, 1.54) is 18.2 Å². The summed E-state index contributed by atoms with van der Waals surface area (Å²) in [6.07, 6.45) is -0.213. The van der Waals surface area contributed by atoms with Crippen LogP contribution >= 0.6 is 0 Å². The van der Waals surface area contributed by atoms with Crippen LogP contribution in [0.2, 0.25) is 51.4 Å². The molecule has 11 nitrogen and oxygen atoms in total. The lowest BCUT2D eigenvalue weighted by Crippen LogP contribution is -2.39. The topological polar surface area (TPSA) is 138 Å². The maximum atomic E-state index is 13.7. The molecule has 0 aromatic heterocycles. The van der Waals surface area contributed by atoms with Crippen LogP contribution in [0.4, 0.5) is 13.2 Å². The van der Waals surface area contributed by atoms with Crippen LogP contribution in [-0.4, -0.2) is 84.8 Å². The summed E-state index contributed by atoms with van der Waals surface area (Å²) < 4.78 is 88.1. The largest absolute Gasteiger partial charge is 0.534 e. The molecule has 1 amide bonds. The first kappa shape index (κ1) is 35.6. The molecule has 1 aromatic carbocycles. The highest BCUT2D eigenvalue weighted by Gasteiger charge is 2.50. The normalized spacial score (nSPS) is 16.3. The van der Waals surface area contributed by atoms with Crippen molar-refractivity contribution >= 4 is 38.1 Å². The first-order chi connectivity index (χ1) is 19.2. The predicted molar refractivity (Wildman–Crippen MR) is 152 cm³/mol. The summed E-state index contributed by atoms with van der Waals surface area (Å²) in [4.78, 5) is 26.2. The highest BCUT2D eigenvalue weighted by Crippen LogP contribution is 2.36. The number of carboxylic acid groups (broad SMARTS) is 1. The Morgan fingerprint density at radius 1 is 0.952 bits per heavy atom. The molecule has 1 aromatic rings. The van der Waals surface area contributed by atoms with Crippen LogP contribution in [0, 0.1) is 0 Å². The van der Waals surface area contributed by atoms with Gasteiger partial charge in [-0.25, -0.2) is 4.79 Å². The Hall–Kier alpha value is -2.61. The number of carboxylic acids is 1. The third-order valence-electron chi connectivity index (χ3n) is 5.82. The molecule has 2 rings (SSSR count). The summed E-state index contributed by atoms with van der Waals surface area (Å²) >= 11 is 0. The fourth-order valence-electron chi connectivity index (χ4n) is 3.41. The van der Waals surface area contributed by atoms with Crippen LogP contribution in [0.15, 0.2) is 30.2 Å². The molecule has 0 aliphatic carbocycles. The van der Waals surface area contributed by atoms with E-state index in [1.807, 2.05) is 0 Å². The minimum atomic E-state index is -6.09. The average Bonchev–Trinajstić information content (AvgIpc) is 3.24. The number of carbonyl (C=O) groups is 2. The number of carbonyl (C=O) groups excluding carboxylic acids is 1. The first-order valence-electron chi connectivity index (χ1n) is 13.0. The van der Waals surface area contributed by atoms with Gasteiger partial charge < -0.3 is 28.2 Å².